The second kappa shape index (κ2) is 8.26. The minimum atomic E-state index is -0.789. The fourth-order valence-electron chi connectivity index (χ4n) is 1.88. The molecule has 0 atom stereocenters. The van der Waals surface area contributed by atoms with Gasteiger partial charge in [0, 0.05) is 12.6 Å². The van der Waals surface area contributed by atoms with E-state index in [2.05, 4.69) is 5.32 Å². The minimum Gasteiger partial charge on any atom is -0.330 e. The third kappa shape index (κ3) is 6.84. The SMILES string of the molecule is CN(CC(=O)Nc1ccc(F)cc1F)CC(C)(C)CN.Cl. The summed E-state index contributed by atoms with van der Waals surface area (Å²) in [5.74, 6) is -1.82. The van der Waals surface area contributed by atoms with Gasteiger partial charge in [-0.25, -0.2) is 8.78 Å². The zero-order valence-electron chi connectivity index (χ0n) is 12.5. The van der Waals surface area contributed by atoms with E-state index in [9.17, 15) is 13.6 Å². The maximum absolute atomic E-state index is 13.4. The molecule has 1 rings (SSSR count). The third-order valence-corrected chi connectivity index (χ3v) is 2.87. The van der Waals surface area contributed by atoms with Crippen LogP contribution in [0.25, 0.3) is 0 Å². The maximum atomic E-state index is 13.4. The average molecular weight is 322 g/mol. The smallest absolute Gasteiger partial charge is 0.238 e. The molecule has 0 bridgehead atoms. The molecule has 0 aromatic heterocycles. The van der Waals surface area contributed by atoms with Crippen LogP contribution in [0.15, 0.2) is 18.2 Å². The van der Waals surface area contributed by atoms with Gasteiger partial charge >= 0.3 is 0 Å². The van der Waals surface area contributed by atoms with E-state index in [1.807, 2.05) is 18.7 Å². The number of nitrogens with zero attached hydrogens (tertiary/aromatic N) is 1. The number of amides is 1. The van der Waals surface area contributed by atoms with Gasteiger partial charge in [-0.1, -0.05) is 13.8 Å². The zero-order chi connectivity index (χ0) is 15.3. The first-order valence-electron chi connectivity index (χ1n) is 6.37. The van der Waals surface area contributed by atoms with Crippen LogP contribution in [0.2, 0.25) is 0 Å². The molecule has 0 radical (unpaired) electrons. The molecular weight excluding hydrogens is 300 g/mol. The Bertz CT molecular complexity index is 483. The van der Waals surface area contributed by atoms with E-state index in [0.29, 0.717) is 13.1 Å². The third-order valence-electron chi connectivity index (χ3n) is 2.87. The summed E-state index contributed by atoms with van der Waals surface area (Å²) < 4.78 is 26.1. The number of hydrogen-bond donors (Lipinski definition) is 2. The Morgan fingerprint density at radius 1 is 1.38 bits per heavy atom. The molecule has 3 N–H and O–H groups in total. The number of hydrogen-bond acceptors (Lipinski definition) is 3. The van der Waals surface area contributed by atoms with E-state index in [4.69, 9.17) is 5.73 Å². The van der Waals surface area contributed by atoms with Gasteiger partial charge in [0.25, 0.3) is 0 Å². The highest BCUT2D eigenvalue weighted by Crippen LogP contribution is 2.16. The van der Waals surface area contributed by atoms with Gasteiger partial charge in [-0.15, -0.1) is 12.4 Å². The lowest BCUT2D eigenvalue weighted by Crippen LogP contribution is -2.40. The lowest BCUT2D eigenvalue weighted by Gasteiger charge is -2.28. The van der Waals surface area contributed by atoms with Crippen LogP contribution in [0.3, 0.4) is 0 Å². The van der Waals surface area contributed by atoms with Gasteiger partial charge in [0.1, 0.15) is 11.6 Å². The number of nitrogens with one attached hydrogen (secondary N) is 1. The summed E-state index contributed by atoms with van der Waals surface area (Å²) in [5.41, 5.74) is 5.50. The molecule has 0 spiro atoms. The molecule has 120 valence electrons. The minimum absolute atomic E-state index is 0. The number of rotatable bonds is 6. The highest BCUT2D eigenvalue weighted by atomic mass is 35.5. The van der Waals surface area contributed by atoms with Crippen molar-refractivity contribution >= 4 is 24.0 Å². The Morgan fingerprint density at radius 3 is 2.52 bits per heavy atom. The number of likely N-dealkylation sites (N-methyl/N-ethyl adjacent to an activating group) is 1. The fourth-order valence-corrected chi connectivity index (χ4v) is 1.88. The molecule has 0 aliphatic carbocycles. The lowest BCUT2D eigenvalue weighted by molar-refractivity contribution is -0.117. The van der Waals surface area contributed by atoms with Crippen molar-refractivity contribution in [1.82, 2.24) is 4.90 Å². The van der Waals surface area contributed by atoms with E-state index in [0.717, 1.165) is 12.1 Å². The first kappa shape index (κ1) is 19.8. The Hall–Kier alpha value is -1.24. The molecule has 0 saturated carbocycles. The summed E-state index contributed by atoms with van der Waals surface area (Å²) in [5, 5.41) is 2.42. The largest absolute Gasteiger partial charge is 0.330 e. The second-order valence-corrected chi connectivity index (χ2v) is 5.71. The molecule has 21 heavy (non-hydrogen) atoms. The Labute approximate surface area is 130 Å². The van der Waals surface area contributed by atoms with Crippen molar-refractivity contribution in [3.63, 3.8) is 0 Å². The van der Waals surface area contributed by atoms with Gasteiger partial charge in [0.15, 0.2) is 0 Å². The highest BCUT2D eigenvalue weighted by Gasteiger charge is 2.19. The molecule has 1 aromatic carbocycles. The van der Waals surface area contributed by atoms with Crippen LogP contribution in [0.5, 0.6) is 0 Å². The van der Waals surface area contributed by atoms with Crippen molar-refractivity contribution < 1.29 is 13.6 Å². The number of anilines is 1. The van der Waals surface area contributed by atoms with Crippen molar-refractivity contribution in [1.29, 1.82) is 0 Å². The molecule has 0 heterocycles. The lowest BCUT2D eigenvalue weighted by atomic mass is 9.93. The predicted octanol–water partition coefficient (Wildman–Crippen LogP) is 2.24. The molecule has 0 saturated heterocycles. The van der Waals surface area contributed by atoms with E-state index in [1.54, 1.807) is 7.05 Å². The summed E-state index contributed by atoms with van der Waals surface area (Å²) in [6.07, 6.45) is 0. The summed E-state index contributed by atoms with van der Waals surface area (Å²) in [7, 11) is 1.79. The van der Waals surface area contributed by atoms with Crippen LogP contribution >= 0.6 is 12.4 Å². The summed E-state index contributed by atoms with van der Waals surface area (Å²) in [4.78, 5) is 13.6. The van der Waals surface area contributed by atoms with Crippen molar-refractivity contribution in [2.75, 3.05) is 32.0 Å². The summed E-state index contributed by atoms with van der Waals surface area (Å²) in [6.45, 7) is 5.26. The molecule has 0 fully saturated rings. The predicted molar refractivity (Wildman–Crippen MR) is 82.6 cm³/mol. The van der Waals surface area contributed by atoms with Gasteiger partial charge in [0.05, 0.1) is 12.2 Å². The first-order valence-corrected chi connectivity index (χ1v) is 6.37. The van der Waals surface area contributed by atoms with Gasteiger partial charge < -0.3 is 11.1 Å². The molecule has 7 heteroatoms. The van der Waals surface area contributed by atoms with Crippen molar-refractivity contribution in [3.05, 3.63) is 29.8 Å². The molecule has 1 aromatic rings. The van der Waals surface area contributed by atoms with Crippen LogP contribution in [-0.4, -0.2) is 37.5 Å². The van der Waals surface area contributed by atoms with Gasteiger partial charge in [-0.05, 0) is 31.1 Å². The molecule has 0 aliphatic rings. The molecule has 4 nitrogen and oxygen atoms in total. The maximum Gasteiger partial charge on any atom is 0.238 e. The zero-order valence-corrected chi connectivity index (χ0v) is 13.3. The standard InChI is InChI=1S/C14H21F2N3O.ClH/c1-14(2,8-17)9-19(3)7-13(20)18-12-5-4-10(15)6-11(12)16;/h4-6H,7-9,17H2,1-3H3,(H,18,20);1H. The Kier molecular flexibility index (Phi) is 7.78. The van der Waals surface area contributed by atoms with Gasteiger partial charge in [-0.2, -0.15) is 0 Å². The Balaban J connectivity index is 0.00000400. The summed E-state index contributed by atoms with van der Waals surface area (Å²) in [6, 6.07) is 3.03. The van der Waals surface area contributed by atoms with E-state index in [1.165, 1.54) is 6.07 Å². The highest BCUT2D eigenvalue weighted by molar-refractivity contribution is 5.92. The number of nitrogens with two attached hydrogens (primary N) is 1. The first-order chi connectivity index (χ1) is 9.23. The van der Waals surface area contributed by atoms with Crippen LogP contribution in [0.1, 0.15) is 13.8 Å². The van der Waals surface area contributed by atoms with Crippen molar-refractivity contribution in [2.45, 2.75) is 13.8 Å². The van der Waals surface area contributed by atoms with Crippen LogP contribution in [-0.2, 0) is 4.79 Å². The number of carbonyl (C=O) groups is 1. The molecular formula is C14H22ClF2N3O. The normalized spacial score (nSPS) is 11.2. The number of carbonyl (C=O) groups excluding carboxylic acids is 1. The second-order valence-electron chi connectivity index (χ2n) is 5.71. The Morgan fingerprint density at radius 2 is 2.00 bits per heavy atom. The van der Waals surface area contributed by atoms with Crippen molar-refractivity contribution in [2.24, 2.45) is 11.1 Å². The summed E-state index contributed by atoms with van der Waals surface area (Å²) >= 11 is 0. The van der Waals surface area contributed by atoms with E-state index < -0.39 is 11.6 Å². The van der Waals surface area contributed by atoms with Crippen molar-refractivity contribution in [3.8, 4) is 0 Å². The molecule has 1 amide bonds. The van der Waals surface area contributed by atoms with Crippen LogP contribution < -0.4 is 11.1 Å². The topological polar surface area (TPSA) is 58.4 Å². The number of benzene rings is 1. The van der Waals surface area contributed by atoms with Crippen LogP contribution in [0, 0.1) is 17.0 Å². The number of halogens is 3. The average Bonchev–Trinajstić information content (AvgIpc) is 2.32. The van der Waals surface area contributed by atoms with Gasteiger partial charge in [0.2, 0.25) is 5.91 Å². The molecule has 0 unspecified atom stereocenters. The molecule has 0 aliphatic heterocycles. The quantitative estimate of drug-likeness (QED) is 0.845. The fraction of sp³-hybridized carbons (Fsp3) is 0.500. The van der Waals surface area contributed by atoms with E-state index in [-0.39, 0.29) is 36.0 Å². The van der Waals surface area contributed by atoms with E-state index >= 15 is 0 Å². The van der Waals surface area contributed by atoms with Crippen LogP contribution in [0.4, 0.5) is 14.5 Å². The van der Waals surface area contributed by atoms with Gasteiger partial charge in [-0.3, -0.25) is 9.69 Å². The monoisotopic (exact) mass is 321 g/mol.